The molecule has 0 aliphatic carbocycles. The van der Waals surface area contributed by atoms with Crippen molar-refractivity contribution in [1.82, 2.24) is 0 Å². The Morgan fingerprint density at radius 3 is 2.50 bits per heavy atom. The highest BCUT2D eigenvalue weighted by molar-refractivity contribution is 6.30. The van der Waals surface area contributed by atoms with Crippen molar-refractivity contribution in [2.45, 2.75) is 38.9 Å². The Hall–Kier alpha value is -2.24. The standard InChI is InChI=1S/C22H24ClFO4/c1-22(2,27-3)28-21(26)17(14-25)6-4-5-15-7-9-16(10-8-15)19-13-18(23)11-12-20(19)24/h7-14,17H,4-6H2,1-3H3. The van der Waals surface area contributed by atoms with Crippen molar-refractivity contribution >= 4 is 23.9 Å². The molecule has 0 fully saturated rings. The van der Waals surface area contributed by atoms with Crippen molar-refractivity contribution in [3.8, 4) is 11.1 Å². The molecule has 4 nitrogen and oxygen atoms in total. The van der Waals surface area contributed by atoms with Crippen LogP contribution in [-0.2, 0) is 25.5 Å². The molecular formula is C22H24ClFO4. The summed E-state index contributed by atoms with van der Waals surface area (Å²) in [6.45, 7) is 3.22. The number of hydrogen-bond donors (Lipinski definition) is 0. The van der Waals surface area contributed by atoms with Gasteiger partial charge in [0.2, 0.25) is 5.79 Å². The minimum Gasteiger partial charge on any atom is -0.433 e. The summed E-state index contributed by atoms with van der Waals surface area (Å²) >= 11 is 5.94. The van der Waals surface area contributed by atoms with Gasteiger partial charge in [0, 0.05) is 31.5 Å². The second-order valence-electron chi connectivity index (χ2n) is 6.98. The molecule has 2 aromatic carbocycles. The van der Waals surface area contributed by atoms with E-state index in [1.54, 1.807) is 19.9 Å². The van der Waals surface area contributed by atoms with Crippen molar-refractivity contribution < 1.29 is 23.5 Å². The molecule has 0 spiro atoms. The van der Waals surface area contributed by atoms with E-state index in [1.807, 2.05) is 24.3 Å². The molecule has 28 heavy (non-hydrogen) atoms. The number of halogens is 2. The second-order valence-corrected chi connectivity index (χ2v) is 7.42. The maximum Gasteiger partial charge on any atom is 0.318 e. The van der Waals surface area contributed by atoms with Gasteiger partial charge >= 0.3 is 5.97 Å². The molecule has 2 aromatic rings. The van der Waals surface area contributed by atoms with Crippen molar-refractivity contribution in [3.05, 3.63) is 58.9 Å². The summed E-state index contributed by atoms with van der Waals surface area (Å²) in [5.41, 5.74) is 2.21. The average molecular weight is 407 g/mol. The van der Waals surface area contributed by atoms with E-state index in [0.29, 0.717) is 36.1 Å². The maximum absolute atomic E-state index is 14.0. The van der Waals surface area contributed by atoms with Crippen LogP contribution in [-0.4, -0.2) is 25.2 Å². The quantitative estimate of drug-likeness (QED) is 0.248. The van der Waals surface area contributed by atoms with Gasteiger partial charge in [-0.05, 0) is 48.6 Å². The Bertz CT molecular complexity index is 818. The fourth-order valence-corrected chi connectivity index (χ4v) is 2.87. The normalized spacial score (nSPS) is 12.5. The first-order chi connectivity index (χ1) is 13.3. The van der Waals surface area contributed by atoms with Crippen LogP contribution in [0, 0.1) is 11.7 Å². The highest BCUT2D eigenvalue weighted by atomic mass is 35.5. The van der Waals surface area contributed by atoms with Crippen LogP contribution < -0.4 is 0 Å². The van der Waals surface area contributed by atoms with Gasteiger partial charge in [0.15, 0.2) is 0 Å². The molecule has 6 heteroatoms. The van der Waals surface area contributed by atoms with Crippen molar-refractivity contribution in [2.24, 2.45) is 5.92 Å². The number of hydrogen-bond acceptors (Lipinski definition) is 4. The number of ether oxygens (including phenoxy) is 2. The Labute approximate surface area is 169 Å². The predicted molar refractivity (Wildman–Crippen MR) is 107 cm³/mol. The molecule has 0 N–H and O–H groups in total. The van der Waals surface area contributed by atoms with E-state index in [-0.39, 0.29) is 5.82 Å². The van der Waals surface area contributed by atoms with Gasteiger partial charge in [0.1, 0.15) is 18.0 Å². The first-order valence-corrected chi connectivity index (χ1v) is 9.41. The van der Waals surface area contributed by atoms with E-state index >= 15 is 0 Å². The van der Waals surface area contributed by atoms with Crippen LogP contribution in [0.3, 0.4) is 0 Å². The van der Waals surface area contributed by atoms with Crippen LogP contribution in [0.25, 0.3) is 11.1 Å². The first kappa shape index (κ1) is 22.1. The molecule has 0 bridgehead atoms. The van der Waals surface area contributed by atoms with E-state index in [0.717, 1.165) is 11.1 Å². The molecule has 2 rings (SSSR count). The lowest BCUT2D eigenvalue weighted by atomic mass is 9.98. The van der Waals surface area contributed by atoms with E-state index < -0.39 is 17.7 Å². The Morgan fingerprint density at radius 2 is 1.89 bits per heavy atom. The minimum atomic E-state index is -1.07. The molecule has 1 atom stereocenters. The zero-order chi connectivity index (χ0) is 20.7. The summed E-state index contributed by atoms with van der Waals surface area (Å²) in [4.78, 5) is 23.3. The van der Waals surface area contributed by atoms with Crippen LogP contribution in [0.1, 0.15) is 32.3 Å². The summed E-state index contributed by atoms with van der Waals surface area (Å²) in [7, 11) is 1.43. The Kier molecular flexibility index (Phi) is 7.72. The fourth-order valence-electron chi connectivity index (χ4n) is 2.70. The van der Waals surface area contributed by atoms with Crippen LogP contribution in [0.15, 0.2) is 42.5 Å². The molecule has 0 saturated heterocycles. The number of esters is 1. The summed E-state index contributed by atoms with van der Waals surface area (Å²) in [6, 6.07) is 11.9. The lowest BCUT2D eigenvalue weighted by Crippen LogP contribution is -2.33. The van der Waals surface area contributed by atoms with Gasteiger partial charge < -0.3 is 14.3 Å². The number of benzene rings is 2. The highest BCUT2D eigenvalue weighted by Crippen LogP contribution is 2.26. The van der Waals surface area contributed by atoms with Crippen molar-refractivity contribution in [3.63, 3.8) is 0 Å². The number of aryl methyl sites for hydroxylation is 1. The average Bonchev–Trinajstić information content (AvgIpc) is 2.67. The van der Waals surface area contributed by atoms with Gasteiger partial charge in [0.25, 0.3) is 0 Å². The number of carbonyl (C=O) groups is 2. The number of aldehydes is 1. The third-order valence-electron chi connectivity index (χ3n) is 4.48. The maximum atomic E-state index is 14.0. The summed E-state index contributed by atoms with van der Waals surface area (Å²) in [5, 5.41) is 0.476. The van der Waals surface area contributed by atoms with Gasteiger partial charge in [-0.3, -0.25) is 4.79 Å². The second kappa shape index (κ2) is 9.80. The van der Waals surface area contributed by atoms with E-state index in [2.05, 4.69) is 0 Å². The van der Waals surface area contributed by atoms with Crippen LogP contribution in [0.2, 0.25) is 5.02 Å². The van der Waals surface area contributed by atoms with E-state index in [9.17, 15) is 14.0 Å². The summed E-state index contributed by atoms with van der Waals surface area (Å²) in [6.07, 6.45) is 2.31. The first-order valence-electron chi connectivity index (χ1n) is 9.03. The fraction of sp³-hybridized carbons (Fsp3) is 0.364. The van der Waals surface area contributed by atoms with Crippen molar-refractivity contribution in [1.29, 1.82) is 0 Å². The smallest absolute Gasteiger partial charge is 0.318 e. The monoisotopic (exact) mass is 406 g/mol. The molecule has 0 radical (unpaired) electrons. The summed E-state index contributed by atoms with van der Waals surface area (Å²) < 4.78 is 24.2. The minimum absolute atomic E-state index is 0.330. The molecule has 0 heterocycles. The van der Waals surface area contributed by atoms with E-state index in [1.165, 1.54) is 19.2 Å². The largest absolute Gasteiger partial charge is 0.433 e. The Balaban J connectivity index is 1.93. The lowest BCUT2D eigenvalue weighted by molar-refractivity contribution is -0.209. The van der Waals surface area contributed by atoms with E-state index in [4.69, 9.17) is 21.1 Å². The molecule has 0 aliphatic heterocycles. The Morgan fingerprint density at radius 1 is 1.21 bits per heavy atom. The molecule has 0 aromatic heterocycles. The lowest BCUT2D eigenvalue weighted by Gasteiger charge is -2.24. The number of methoxy groups -OCH3 is 1. The molecule has 0 amide bonds. The predicted octanol–water partition coefficient (Wildman–Crippen LogP) is 5.21. The van der Waals surface area contributed by atoms with Crippen LogP contribution >= 0.6 is 11.6 Å². The number of carbonyl (C=O) groups excluding carboxylic acids is 2. The van der Waals surface area contributed by atoms with Gasteiger partial charge in [-0.25, -0.2) is 4.39 Å². The van der Waals surface area contributed by atoms with Crippen LogP contribution in [0.4, 0.5) is 4.39 Å². The third kappa shape index (κ3) is 6.14. The molecule has 1 unspecified atom stereocenters. The SMILES string of the molecule is COC(C)(C)OC(=O)C(C=O)CCCc1ccc(-c2cc(Cl)ccc2F)cc1. The third-order valence-corrected chi connectivity index (χ3v) is 4.71. The molecule has 0 saturated carbocycles. The zero-order valence-corrected chi connectivity index (χ0v) is 17.0. The van der Waals surface area contributed by atoms with Gasteiger partial charge in [-0.1, -0.05) is 35.9 Å². The number of rotatable bonds is 9. The van der Waals surface area contributed by atoms with Gasteiger partial charge in [-0.15, -0.1) is 0 Å². The molecular weight excluding hydrogens is 383 g/mol. The molecule has 150 valence electrons. The van der Waals surface area contributed by atoms with Gasteiger partial charge in [-0.2, -0.15) is 0 Å². The van der Waals surface area contributed by atoms with Crippen molar-refractivity contribution in [2.75, 3.05) is 7.11 Å². The summed E-state index contributed by atoms with van der Waals surface area (Å²) in [5.74, 6) is -2.81. The van der Waals surface area contributed by atoms with Crippen LogP contribution in [0.5, 0.6) is 0 Å². The zero-order valence-electron chi connectivity index (χ0n) is 16.2. The highest BCUT2D eigenvalue weighted by Gasteiger charge is 2.27. The molecule has 0 aliphatic rings. The topological polar surface area (TPSA) is 52.6 Å². The van der Waals surface area contributed by atoms with Gasteiger partial charge in [0.05, 0.1) is 0 Å².